The van der Waals surface area contributed by atoms with Crippen molar-refractivity contribution >= 4 is 28.3 Å². The summed E-state index contributed by atoms with van der Waals surface area (Å²) in [5, 5.41) is 6.37. The van der Waals surface area contributed by atoms with Gasteiger partial charge in [0.2, 0.25) is 11.8 Å². The molecule has 6 nitrogen and oxygen atoms in total. The molecule has 1 aromatic heterocycles. The van der Waals surface area contributed by atoms with Crippen molar-refractivity contribution in [2.24, 2.45) is 17.8 Å². The maximum atomic E-state index is 12.9. The zero-order valence-corrected chi connectivity index (χ0v) is 17.2. The molecular weight excluding hydrogens is 372 g/mol. The van der Waals surface area contributed by atoms with Crippen LogP contribution in [0.2, 0.25) is 0 Å². The van der Waals surface area contributed by atoms with Gasteiger partial charge in [0.15, 0.2) is 5.13 Å². The molecule has 0 unspecified atom stereocenters. The summed E-state index contributed by atoms with van der Waals surface area (Å²) in [6.07, 6.45) is 10.2. The first kappa shape index (κ1) is 18.4. The fourth-order valence-electron chi connectivity index (χ4n) is 6.10. The Balaban J connectivity index is 1.35. The number of hydrogen-bond acceptors (Lipinski definition) is 5. The quantitative estimate of drug-likeness (QED) is 0.841. The minimum atomic E-state index is 0.127. The van der Waals surface area contributed by atoms with E-state index in [1.54, 1.807) is 11.3 Å². The molecule has 4 aliphatic rings. The van der Waals surface area contributed by atoms with Crippen LogP contribution in [0.3, 0.4) is 0 Å². The van der Waals surface area contributed by atoms with Crippen LogP contribution in [0.15, 0.2) is 11.6 Å². The highest BCUT2D eigenvalue weighted by molar-refractivity contribution is 7.13. The Bertz CT molecular complexity index is 718. The molecule has 0 aromatic carbocycles. The largest absolute Gasteiger partial charge is 0.354 e. The second kappa shape index (κ2) is 7.65. The topological polar surface area (TPSA) is 65.5 Å². The molecule has 4 atom stereocenters. The van der Waals surface area contributed by atoms with Gasteiger partial charge >= 0.3 is 0 Å². The highest BCUT2D eigenvalue weighted by Gasteiger charge is 2.49. The average molecular weight is 403 g/mol. The van der Waals surface area contributed by atoms with Crippen LogP contribution >= 0.6 is 11.3 Å². The lowest BCUT2D eigenvalue weighted by molar-refractivity contribution is -0.149. The van der Waals surface area contributed by atoms with Crippen molar-refractivity contribution in [2.75, 3.05) is 24.5 Å². The van der Waals surface area contributed by atoms with Crippen molar-refractivity contribution in [3.05, 3.63) is 11.6 Å². The molecule has 152 valence electrons. The van der Waals surface area contributed by atoms with Gasteiger partial charge in [-0.05, 0) is 43.9 Å². The predicted octanol–water partition coefficient (Wildman–Crippen LogP) is 2.66. The average Bonchev–Trinajstić information content (AvgIpc) is 3.42. The molecule has 3 aliphatic heterocycles. The SMILES string of the molecule is O=C(NC[C@H]1[C@H]2C[C@H](CN(c3nccs3)C2)[C@@H]2CCCC(=O)N21)C1CCCC1. The summed E-state index contributed by atoms with van der Waals surface area (Å²) in [6.45, 7) is 2.55. The van der Waals surface area contributed by atoms with E-state index in [4.69, 9.17) is 0 Å². The Hall–Kier alpha value is -1.63. The number of thiazole rings is 1. The van der Waals surface area contributed by atoms with E-state index in [1.165, 1.54) is 19.3 Å². The number of rotatable bonds is 4. The van der Waals surface area contributed by atoms with Crippen LogP contribution in [0.5, 0.6) is 0 Å². The van der Waals surface area contributed by atoms with E-state index >= 15 is 0 Å². The van der Waals surface area contributed by atoms with Gasteiger partial charge in [0.05, 0.1) is 6.04 Å². The lowest BCUT2D eigenvalue weighted by Gasteiger charge is -2.56. The molecule has 7 heteroatoms. The van der Waals surface area contributed by atoms with Gasteiger partial charge in [-0.3, -0.25) is 9.59 Å². The lowest BCUT2D eigenvalue weighted by atomic mass is 9.72. The number of piperidine rings is 3. The molecule has 5 rings (SSSR count). The summed E-state index contributed by atoms with van der Waals surface area (Å²) < 4.78 is 0. The molecule has 2 amide bonds. The molecule has 4 heterocycles. The van der Waals surface area contributed by atoms with Gasteiger partial charge in [0, 0.05) is 49.6 Å². The first-order valence-electron chi connectivity index (χ1n) is 10.9. The van der Waals surface area contributed by atoms with E-state index in [2.05, 4.69) is 20.1 Å². The lowest BCUT2D eigenvalue weighted by Crippen LogP contribution is -2.67. The highest BCUT2D eigenvalue weighted by atomic mass is 32.1. The number of carbonyl (C=O) groups excluding carboxylic acids is 2. The van der Waals surface area contributed by atoms with Crippen molar-refractivity contribution in [3.8, 4) is 0 Å². The third kappa shape index (κ3) is 3.31. The van der Waals surface area contributed by atoms with Crippen molar-refractivity contribution in [2.45, 2.75) is 63.5 Å². The summed E-state index contributed by atoms with van der Waals surface area (Å²) in [4.78, 5) is 34.6. The maximum Gasteiger partial charge on any atom is 0.223 e. The monoisotopic (exact) mass is 402 g/mol. The Morgan fingerprint density at radius 3 is 2.79 bits per heavy atom. The first-order valence-corrected chi connectivity index (χ1v) is 11.8. The van der Waals surface area contributed by atoms with Gasteiger partial charge in [-0.2, -0.15) is 0 Å². The second-order valence-corrected chi connectivity index (χ2v) is 9.90. The molecule has 1 N–H and O–H groups in total. The molecule has 0 spiro atoms. The zero-order valence-electron chi connectivity index (χ0n) is 16.4. The predicted molar refractivity (Wildman–Crippen MR) is 109 cm³/mol. The summed E-state index contributed by atoms with van der Waals surface area (Å²) in [5.74, 6) is 1.61. The minimum Gasteiger partial charge on any atom is -0.354 e. The molecular formula is C21H30N4O2S. The third-order valence-electron chi connectivity index (χ3n) is 7.40. The molecule has 0 radical (unpaired) electrons. The molecule has 3 saturated heterocycles. The number of anilines is 1. The van der Waals surface area contributed by atoms with Crippen LogP contribution in [-0.4, -0.2) is 53.4 Å². The number of nitrogens with one attached hydrogen (secondary N) is 1. The summed E-state index contributed by atoms with van der Waals surface area (Å²) in [5.41, 5.74) is 0. The van der Waals surface area contributed by atoms with Crippen LogP contribution in [0.4, 0.5) is 5.13 Å². The van der Waals surface area contributed by atoms with Crippen molar-refractivity contribution in [3.63, 3.8) is 0 Å². The summed E-state index contributed by atoms with van der Waals surface area (Å²) in [6, 6.07) is 0.454. The van der Waals surface area contributed by atoms with Gasteiger partial charge in [0.1, 0.15) is 0 Å². The van der Waals surface area contributed by atoms with Gasteiger partial charge < -0.3 is 15.1 Å². The minimum absolute atomic E-state index is 0.127. The molecule has 1 aromatic rings. The van der Waals surface area contributed by atoms with Crippen molar-refractivity contribution in [1.82, 2.24) is 15.2 Å². The summed E-state index contributed by atoms with van der Waals surface area (Å²) in [7, 11) is 0. The number of amides is 2. The van der Waals surface area contributed by atoms with Crippen LogP contribution in [-0.2, 0) is 9.59 Å². The fourth-order valence-corrected chi connectivity index (χ4v) is 6.77. The number of hydrogen-bond donors (Lipinski definition) is 1. The number of nitrogens with zero attached hydrogens (tertiary/aromatic N) is 3. The summed E-state index contributed by atoms with van der Waals surface area (Å²) >= 11 is 1.70. The van der Waals surface area contributed by atoms with Crippen molar-refractivity contribution in [1.29, 1.82) is 0 Å². The zero-order chi connectivity index (χ0) is 19.1. The first-order chi connectivity index (χ1) is 13.7. The number of carbonyl (C=O) groups is 2. The van der Waals surface area contributed by atoms with E-state index in [9.17, 15) is 9.59 Å². The Morgan fingerprint density at radius 2 is 2.00 bits per heavy atom. The molecule has 1 aliphatic carbocycles. The fraction of sp³-hybridized carbons (Fsp3) is 0.762. The van der Waals surface area contributed by atoms with Crippen LogP contribution < -0.4 is 10.2 Å². The third-order valence-corrected chi connectivity index (χ3v) is 8.23. The number of fused-ring (bicyclic) bond motifs is 4. The van der Waals surface area contributed by atoms with Gasteiger partial charge in [0.25, 0.3) is 0 Å². The second-order valence-electron chi connectivity index (χ2n) is 9.03. The van der Waals surface area contributed by atoms with Crippen LogP contribution in [0.25, 0.3) is 0 Å². The van der Waals surface area contributed by atoms with E-state index in [-0.39, 0.29) is 17.9 Å². The van der Waals surface area contributed by atoms with Crippen LogP contribution in [0.1, 0.15) is 51.4 Å². The van der Waals surface area contributed by atoms with Crippen LogP contribution in [0, 0.1) is 17.8 Å². The Kier molecular flexibility index (Phi) is 5.03. The van der Waals surface area contributed by atoms with E-state index in [0.29, 0.717) is 36.8 Å². The van der Waals surface area contributed by atoms with Gasteiger partial charge in [-0.1, -0.05) is 12.8 Å². The molecule has 4 fully saturated rings. The molecule has 1 saturated carbocycles. The van der Waals surface area contributed by atoms with Crippen molar-refractivity contribution < 1.29 is 9.59 Å². The highest BCUT2D eigenvalue weighted by Crippen LogP contribution is 2.42. The standard InChI is InChI=1S/C21H30N4O2S/c26-19-7-3-6-17-15-10-16(13-24(12-15)21-22-8-9-28-21)18(25(17)19)11-23-20(27)14-4-1-2-5-14/h8-9,14-18H,1-7,10-13H2,(H,23,27)/t15-,16+,17+,18+/m1/s1. The van der Waals surface area contributed by atoms with Gasteiger partial charge in [-0.15, -0.1) is 11.3 Å². The van der Waals surface area contributed by atoms with E-state index in [0.717, 1.165) is 43.9 Å². The Morgan fingerprint density at radius 1 is 1.18 bits per heavy atom. The normalized spacial score (nSPS) is 33.1. The maximum absolute atomic E-state index is 12.9. The van der Waals surface area contributed by atoms with Gasteiger partial charge in [-0.25, -0.2) is 4.98 Å². The Labute approximate surface area is 170 Å². The number of aromatic nitrogens is 1. The smallest absolute Gasteiger partial charge is 0.223 e. The molecule has 28 heavy (non-hydrogen) atoms. The molecule has 2 bridgehead atoms. The van der Waals surface area contributed by atoms with E-state index < -0.39 is 0 Å². The van der Waals surface area contributed by atoms with E-state index in [1.807, 2.05) is 11.6 Å².